The molecular formula is C21H18BrNO3. The number of hydrogen-bond donors (Lipinski definition) is 1. The van der Waals surface area contributed by atoms with Gasteiger partial charge >= 0.3 is 5.97 Å². The topological polar surface area (TPSA) is 55.4 Å². The molecule has 0 saturated carbocycles. The fraction of sp³-hybridized carbons (Fsp3) is 0.143. The van der Waals surface area contributed by atoms with E-state index in [1.807, 2.05) is 60.7 Å². The van der Waals surface area contributed by atoms with Crippen molar-refractivity contribution in [2.75, 3.05) is 0 Å². The maximum atomic E-state index is 12.4. The fourth-order valence-corrected chi connectivity index (χ4v) is 3.16. The smallest absolute Gasteiger partial charge is 0.313 e. The molecule has 0 aliphatic rings. The number of carbonyl (C=O) groups is 2. The summed E-state index contributed by atoms with van der Waals surface area (Å²) in [5, 5.41) is 4.84. The minimum atomic E-state index is -0.419. The highest BCUT2D eigenvalue weighted by molar-refractivity contribution is 9.10. The Morgan fingerprint density at radius 2 is 1.69 bits per heavy atom. The molecule has 0 saturated heterocycles. The molecule has 5 heteroatoms. The Kier molecular flexibility index (Phi) is 5.68. The average Bonchev–Trinajstić information content (AvgIpc) is 2.61. The molecule has 0 heterocycles. The first-order chi connectivity index (χ1) is 12.5. The van der Waals surface area contributed by atoms with Gasteiger partial charge in [0.15, 0.2) is 0 Å². The van der Waals surface area contributed by atoms with Crippen LogP contribution in [0, 0.1) is 0 Å². The number of halogens is 1. The van der Waals surface area contributed by atoms with Gasteiger partial charge in [-0.1, -0.05) is 58.4 Å². The number of carbonyl (C=O) groups excluding carboxylic acids is 2. The Balaban J connectivity index is 1.73. The molecule has 1 amide bonds. The van der Waals surface area contributed by atoms with E-state index >= 15 is 0 Å². The van der Waals surface area contributed by atoms with Gasteiger partial charge in [-0.05, 0) is 40.6 Å². The molecule has 0 unspecified atom stereocenters. The Morgan fingerprint density at radius 3 is 2.42 bits per heavy atom. The largest absolute Gasteiger partial charge is 0.426 e. The molecule has 1 N–H and O–H groups in total. The molecule has 0 spiro atoms. The first-order valence-electron chi connectivity index (χ1n) is 8.23. The maximum Gasteiger partial charge on any atom is 0.313 e. The number of amides is 1. The van der Waals surface area contributed by atoms with Crippen LogP contribution >= 0.6 is 15.9 Å². The van der Waals surface area contributed by atoms with Gasteiger partial charge in [0.2, 0.25) is 5.91 Å². The van der Waals surface area contributed by atoms with Gasteiger partial charge in [0.1, 0.15) is 5.75 Å². The Labute approximate surface area is 160 Å². The monoisotopic (exact) mass is 411 g/mol. The molecule has 0 fully saturated rings. The van der Waals surface area contributed by atoms with Crippen LogP contribution in [0.15, 0.2) is 71.2 Å². The second-order valence-corrected chi connectivity index (χ2v) is 6.91. The van der Waals surface area contributed by atoms with Gasteiger partial charge in [-0.25, -0.2) is 0 Å². The van der Waals surface area contributed by atoms with E-state index in [-0.39, 0.29) is 12.3 Å². The zero-order chi connectivity index (χ0) is 18.5. The number of esters is 1. The van der Waals surface area contributed by atoms with E-state index in [1.165, 1.54) is 6.92 Å². The highest BCUT2D eigenvalue weighted by atomic mass is 79.9. The Morgan fingerprint density at radius 1 is 1.00 bits per heavy atom. The van der Waals surface area contributed by atoms with Crippen molar-refractivity contribution in [1.82, 2.24) is 5.32 Å². The van der Waals surface area contributed by atoms with Gasteiger partial charge in [0, 0.05) is 11.4 Å². The van der Waals surface area contributed by atoms with E-state index in [0.29, 0.717) is 5.75 Å². The SMILES string of the molecule is CC(=O)N[C@@H](CC(=O)Oc1ccc2cc(Br)ccc2c1)c1ccccc1. The number of nitrogens with one attached hydrogen (secondary N) is 1. The summed E-state index contributed by atoms with van der Waals surface area (Å²) < 4.78 is 6.48. The van der Waals surface area contributed by atoms with Crippen molar-refractivity contribution in [3.63, 3.8) is 0 Å². The summed E-state index contributed by atoms with van der Waals surface area (Å²) in [6.07, 6.45) is 0.0575. The van der Waals surface area contributed by atoms with Crippen LogP contribution in [-0.4, -0.2) is 11.9 Å². The lowest BCUT2D eigenvalue weighted by Crippen LogP contribution is -2.29. The molecule has 0 aliphatic carbocycles. The molecule has 0 aliphatic heterocycles. The fourth-order valence-electron chi connectivity index (χ4n) is 2.78. The van der Waals surface area contributed by atoms with Crippen LogP contribution in [0.5, 0.6) is 5.75 Å². The minimum Gasteiger partial charge on any atom is -0.426 e. The normalized spacial score (nSPS) is 11.8. The second-order valence-electron chi connectivity index (χ2n) is 6.00. The lowest BCUT2D eigenvalue weighted by atomic mass is 10.0. The van der Waals surface area contributed by atoms with Crippen LogP contribution in [0.1, 0.15) is 24.9 Å². The number of benzene rings is 3. The van der Waals surface area contributed by atoms with E-state index in [9.17, 15) is 9.59 Å². The first kappa shape index (κ1) is 18.1. The first-order valence-corrected chi connectivity index (χ1v) is 9.02. The third-order valence-corrected chi connectivity index (χ3v) is 4.45. The number of rotatable bonds is 5. The molecule has 0 aromatic heterocycles. The predicted octanol–water partition coefficient (Wildman–Crippen LogP) is 4.78. The molecule has 3 rings (SSSR count). The Bertz CT molecular complexity index is 940. The molecule has 4 nitrogen and oxygen atoms in total. The van der Waals surface area contributed by atoms with Crippen LogP contribution in [0.3, 0.4) is 0 Å². The lowest BCUT2D eigenvalue weighted by molar-refractivity contribution is -0.135. The van der Waals surface area contributed by atoms with E-state index in [0.717, 1.165) is 20.8 Å². The van der Waals surface area contributed by atoms with Crippen molar-refractivity contribution in [2.24, 2.45) is 0 Å². The summed E-state index contributed by atoms with van der Waals surface area (Å²) in [4.78, 5) is 23.9. The standard InChI is InChI=1S/C21H18BrNO3/c1-14(24)23-20(15-5-3-2-4-6-15)13-21(25)26-19-10-8-16-11-18(22)9-7-17(16)12-19/h2-12,20H,13H2,1H3,(H,23,24)/t20-/m0/s1. The van der Waals surface area contributed by atoms with Crippen LogP contribution in [0.2, 0.25) is 0 Å². The summed E-state index contributed by atoms with van der Waals surface area (Å²) in [6, 6.07) is 20.4. The van der Waals surface area contributed by atoms with Gasteiger partial charge < -0.3 is 10.1 Å². The van der Waals surface area contributed by atoms with Crippen LogP contribution < -0.4 is 10.1 Å². The van der Waals surface area contributed by atoms with Gasteiger partial charge in [-0.2, -0.15) is 0 Å². The third-order valence-electron chi connectivity index (χ3n) is 3.96. The minimum absolute atomic E-state index is 0.0575. The van der Waals surface area contributed by atoms with Gasteiger partial charge in [0.05, 0.1) is 12.5 Å². The molecule has 3 aromatic carbocycles. The van der Waals surface area contributed by atoms with Crippen molar-refractivity contribution in [2.45, 2.75) is 19.4 Å². The second kappa shape index (κ2) is 8.15. The zero-order valence-electron chi connectivity index (χ0n) is 14.2. The number of fused-ring (bicyclic) bond motifs is 1. The molecule has 3 aromatic rings. The number of ether oxygens (including phenoxy) is 1. The summed E-state index contributed by atoms with van der Waals surface area (Å²) in [7, 11) is 0. The average molecular weight is 412 g/mol. The van der Waals surface area contributed by atoms with Crippen molar-refractivity contribution >= 4 is 38.6 Å². The van der Waals surface area contributed by atoms with E-state index in [2.05, 4.69) is 21.2 Å². The van der Waals surface area contributed by atoms with Crippen LogP contribution in [0.4, 0.5) is 0 Å². The molecule has 0 radical (unpaired) electrons. The summed E-state index contributed by atoms with van der Waals surface area (Å²) in [6.45, 7) is 1.43. The van der Waals surface area contributed by atoms with Crippen LogP contribution in [0.25, 0.3) is 10.8 Å². The van der Waals surface area contributed by atoms with E-state index in [4.69, 9.17) is 4.74 Å². The van der Waals surface area contributed by atoms with Crippen molar-refractivity contribution in [3.05, 3.63) is 76.8 Å². The summed E-state index contributed by atoms with van der Waals surface area (Å²) >= 11 is 3.44. The Hall–Kier alpha value is -2.66. The summed E-state index contributed by atoms with van der Waals surface area (Å²) in [5.74, 6) is -0.105. The number of hydrogen-bond acceptors (Lipinski definition) is 3. The summed E-state index contributed by atoms with van der Waals surface area (Å²) in [5.41, 5.74) is 0.864. The van der Waals surface area contributed by atoms with E-state index < -0.39 is 12.0 Å². The third kappa shape index (κ3) is 4.70. The van der Waals surface area contributed by atoms with Crippen LogP contribution in [-0.2, 0) is 9.59 Å². The van der Waals surface area contributed by atoms with Gasteiger partial charge in [0.25, 0.3) is 0 Å². The highest BCUT2D eigenvalue weighted by Gasteiger charge is 2.18. The molecule has 26 heavy (non-hydrogen) atoms. The zero-order valence-corrected chi connectivity index (χ0v) is 15.8. The molecule has 1 atom stereocenters. The molecule has 0 bridgehead atoms. The molecule has 132 valence electrons. The van der Waals surface area contributed by atoms with Gasteiger partial charge in [-0.15, -0.1) is 0 Å². The highest BCUT2D eigenvalue weighted by Crippen LogP contribution is 2.25. The lowest BCUT2D eigenvalue weighted by Gasteiger charge is -2.17. The maximum absolute atomic E-state index is 12.4. The quantitative estimate of drug-likeness (QED) is 0.485. The van der Waals surface area contributed by atoms with Crippen molar-refractivity contribution in [3.8, 4) is 5.75 Å². The van der Waals surface area contributed by atoms with Crippen molar-refractivity contribution < 1.29 is 14.3 Å². The van der Waals surface area contributed by atoms with E-state index in [1.54, 1.807) is 6.07 Å². The molecular weight excluding hydrogens is 394 g/mol. The predicted molar refractivity (Wildman–Crippen MR) is 105 cm³/mol. The van der Waals surface area contributed by atoms with Gasteiger partial charge in [-0.3, -0.25) is 9.59 Å². The van der Waals surface area contributed by atoms with Crippen molar-refractivity contribution in [1.29, 1.82) is 0 Å².